The van der Waals surface area contributed by atoms with E-state index in [1.807, 2.05) is 0 Å². The maximum atomic E-state index is 11.9. The van der Waals surface area contributed by atoms with E-state index in [4.69, 9.17) is 5.11 Å². The van der Waals surface area contributed by atoms with Crippen molar-refractivity contribution >= 4 is 23.8 Å². The molecule has 0 aromatic heterocycles. The van der Waals surface area contributed by atoms with E-state index in [2.05, 4.69) is 5.32 Å². The molecule has 1 rings (SSSR count). The van der Waals surface area contributed by atoms with Crippen molar-refractivity contribution in [1.82, 2.24) is 15.1 Å². The van der Waals surface area contributed by atoms with E-state index in [1.54, 1.807) is 4.90 Å². The molecule has 0 radical (unpaired) electrons. The quantitative estimate of drug-likeness (QED) is 0.687. The van der Waals surface area contributed by atoms with Gasteiger partial charge in [0.25, 0.3) is 5.91 Å². The number of imide groups is 1. The maximum absolute atomic E-state index is 11.9. The highest BCUT2D eigenvalue weighted by Crippen LogP contribution is 2.05. The van der Waals surface area contributed by atoms with Crippen molar-refractivity contribution in [1.29, 1.82) is 0 Å². The van der Waals surface area contributed by atoms with Crippen molar-refractivity contribution in [3.63, 3.8) is 0 Å². The average molecular weight is 297 g/mol. The smallest absolute Gasteiger partial charge is 0.331 e. The Labute approximate surface area is 122 Å². The lowest BCUT2D eigenvalue weighted by molar-refractivity contribution is -0.133. The minimum atomic E-state index is -1.20. The summed E-state index contributed by atoms with van der Waals surface area (Å²) in [5.41, 5.74) is -0.125. The van der Waals surface area contributed by atoms with Crippen LogP contribution in [0.3, 0.4) is 0 Å². The van der Waals surface area contributed by atoms with Gasteiger partial charge in [0.05, 0.1) is 0 Å². The number of aliphatic carboxylic acids is 1. The molecule has 1 aliphatic heterocycles. The summed E-state index contributed by atoms with van der Waals surface area (Å²) >= 11 is 0. The molecule has 1 fully saturated rings. The number of carbonyl (C=O) groups excluding carboxylic acids is 3. The zero-order valence-corrected chi connectivity index (χ0v) is 12.3. The molecule has 0 saturated carbocycles. The molecule has 1 saturated heterocycles. The molecule has 0 aliphatic carbocycles. The first-order chi connectivity index (χ1) is 9.73. The normalized spacial score (nSPS) is 16.1. The summed E-state index contributed by atoms with van der Waals surface area (Å²) in [5.74, 6) is -1.99. The fraction of sp³-hybridized carbons (Fsp3) is 0.538. The van der Waals surface area contributed by atoms with Gasteiger partial charge in [-0.1, -0.05) is 0 Å². The summed E-state index contributed by atoms with van der Waals surface area (Å²) in [4.78, 5) is 48.6. The molecule has 4 amide bonds. The van der Waals surface area contributed by atoms with Crippen LogP contribution in [-0.4, -0.2) is 64.9 Å². The second kappa shape index (κ2) is 6.87. The minimum Gasteiger partial charge on any atom is -0.478 e. The summed E-state index contributed by atoms with van der Waals surface area (Å²) in [5, 5.41) is 10.9. The Hall–Kier alpha value is -2.38. The monoisotopic (exact) mass is 297 g/mol. The molecular weight excluding hydrogens is 278 g/mol. The molecule has 0 bridgehead atoms. The van der Waals surface area contributed by atoms with Gasteiger partial charge in [0, 0.05) is 44.2 Å². The van der Waals surface area contributed by atoms with Gasteiger partial charge in [-0.2, -0.15) is 0 Å². The molecule has 0 aromatic carbocycles. The Kier molecular flexibility index (Phi) is 5.45. The third kappa shape index (κ3) is 4.30. The number of amides is 4. The van der Waals surface area contributed by atoms with E-state index in [0.717, 1.165) is 0 Å². The molecule has 116 valence electrons. The number of carboxylic acid groups (broad SMARTS) is 1. The summed E-state index contributed by atoms with van der Waals surface area (Å²) in [7, 11) is 0. The third-order valence-electron chi connectivity index (χ3n) is 3.46. The lowest BCUT2D eigenvalue weighted by Gasteiger charge is -2.33. The van der Waals surface area contributed by atoms with Crippen LogP contribution in [0.25, 0.3) is 0 Å². The van der Waals surface area contributed by atoms with E-state index in [1.165, 1.54) is 25.7 Å². The largest absolute Gasteiger partial charge is 0.478 e. The fourth-order valence-electron chi connectivity index (χ4n) is 1.83. The van der Waals surface area contributed by atoms with Gasteiger partial charge in [0.1, 0.15) is 0 Å². The van der Waals surface area contributed by atoms with Crippen molar-refractivity contribution in [2.75, 3.05) is 26.2 Å². The fourth-order valence-corrected chi connectivity index (χ4v) is 1.83. The molecule has 1 heterocycles. The van der Waals surface area contributed by atoms with Crippen LogP contribution >= 0.6 is 0 Å². The molecule has 8 heteroatoms. The van der Waals surface area contributed by atoms with Crippen molar-refractivity contribution in [3.8, 4) is 0 Å². The van der Waals surface area contributed by atoms with Crippen molar-refractivity contribution in [3.05, 3.63) is 11.1 Å². The Bertz CT molecular complexity index is 504. The average Bonchev–Trinajstić information content (AvgIpc) is 2.45. The van der Waals surface area contributed by atoms with Crippen LogP contribution in [0.15, 0.2) is 11.1 Å². The van der Waals surface area contributed by atoms with Gasteiger partial charge >= 0.3 is 12.0 Å². The van der Waals surface area contributed by atoms with Gasteiger partial charge in [-0.05, 0) is 13.8 Å². The standard InChI is InChI=1S/C13H19N3O5/c1-8(9(2)12(19)20)11(18)14-13(21)16-6-4-15(5-7-16)10(3)17/h4-7H2,1-3H3,(H,19,20)(H,14,18,21). The molecule has 21 heavy (non-hydrogen) atoms. The number of piperazine rings is 1. The lowest BCUT2D eigenvalue weighted by Crippen LogP contribution is -2.53. The number of hydrogen-bond acceptors (Lipinski definition) is 4. The number of urea groups is 1. The number of nitrogens with zero attached hydrogens (tertiary/aromatic N) is 2. The number of carbonyl (C=O) groups is 4. The topological polar surface area (TPSA) is 107 Å². The molecule has 0 spiro atoms. The summed E-state index contributed by atoms with van der Waals surface area (Å²) in [6.45, 7) is 5.60. The number of rotatable bonds is 2. The highest BCUT2D eigenvalue weighted by molar-refractivity contribution is 6.07. The van der Waals surface area contributed by atoms with Gasteiger partial charge in [0.2, 0.25) is 5.91 Å². The van der Waals surface area contributed by atoms with Crippen molar-refractivity contribution in [2.45, 2.75) is 20.8 Å². The van der Waals surface area contributed by atoms with Crippen LogP contribution in [-0.2, 0) is 14.4 Å². The van der Waals surface area contributed by atoms with Gasteiger partial charge in [-0.3, -0.25) is 14.9 Å². The molecule has 1 aliphatic rings. The second-order valence-electron chi connectivity index (χ2n) is 4.81. The molecule has 8 nitrogen and oxygen atoms in total. The maximum Gasteiger partial charge on any atom is 0.331 e. The highest BCUT2D eigenvalue weighted by Gasteiger charge is 2.24. The molecular formula is C13H19N3O5. The molecule has 0 aromatic rings. The number of carboxylic acids is 1. The SMILES string of the molecule is CC(=O)N1CCN(C(=O)NC(=O)C(C)=C(C)C(=O)O)CC1. The van der Waals surface area contributed by atoms with Gasteiger partial charge in [-0.15, -0.1) is 0 Å². The van der Waals surface area contributed by atoms with Crippen LogP contribution in [0.4, 0.5) is 4.79 Å². The molecule has 2 N–H and O–H groups in total. The van der Waals surface area contributed by atoms with E-state index >= 15 is 0 Å². The van der Waals surface area contributed by atoms with Crippen molar-refractivity contribution in [2.24, 2.45) is 0 Å². The van der Waals surface area contributed by atoms with Crippen molar-refractivity contribution < 1.29 is 24.3 Å². The molecule has 0 atom stereocenters. The van der Waals surface area contributed by atoms with Crippen LogP contribution in [0.5, 0.6) is 0 Å². The second-order valence-corrected chi connectivity index (χ2v) is 4.81. The van der Waals surface area contributed by atoms with Gasteiger partial charge in [0.15, 0.2) is 0 Å². The van der Waals surface area contributed by atoms with Crippen LogP contribution in [0, 0.1) is 0 Å². The summed E-state index contributed by atoms with van der Waals surface area (Å²) in [6, 6.07) is -0.583. The molecule has 0 unspecified atom stereocenters. The lowest BCUT2D eigenvalue weighted by atomic mass is 10.1. The number of nitrogens with one attached hydrogen (secondary N) is 1. The Balaban J connectivity index is 2.59. The minimum absolute atomic E-state index is 0.0155. The first-order valence-corrected chi connectivity index (χ1v) is 6.50. The summed E-state index contributed by atoms with van der Waals surface area (Å²) < 4.78 is 0. The number of hydrogen-bond donors (Lipinski definition) is 2. The van der Waals surface area contributed by atoms with Gasteiger partial charge in [-0.25, -0.2) is 9.59 Å². The van der Waals surface area contributed by atoms with Crippen LogP contribution < -0.4 is 5.32 Å². The predicted octanol–water partition coefficient (Wildman–Crippen LogP) is -0.192. The van der Waals surface area contributed by atoms with Crippen LogP contribution in [0.1, 0.15) is 20.8 Å². The Morgan fingerprint density at radius 1 is 0.857 bits per heavy atom. The van der Waals surface area contributed by atoms with E-state index < -0.39 is 17.9 Å². The zero-order valence-electron chi connectivity index (χ0n) is 12.3. The highest BCUT2D eigenvalue weighted by atomic mass is 16.4. The van der Waals surface area contributed by atoms with E-state index in [9.17, 15) is 19.2 Å². The first kappa shape index (κ1) is 16.7. The summed E-state index contributed by atoms with van der Waals surface area (Å²) in [6.07, 6.45) is 0. The Morgan fingerprint density at radius 2 is 1.33 bits per heavy atom. The van der Waals surface area contributed by atoms with Gasteiger partial charge < -0.3 is 14.9 Å². The van der Waals surface area contributed by atoms with Crippen LogP contribution in [0.2, 0.25) is 0 Å². The van der Waals surface area contributed by atoms with E-state index in [-0.39, 0.29) is 17.1 Å². The third-order valence-corrected chi connectivity index (χ3v) is 3.46. The van der Waals surface area contributed by atoms with E-state index in [0.29, 0.717) is 26.2 Å². The Morgan fingerprint density at radius 3 is 1.76 bits per heavy atom. The predicted molar refractivity (Wildman–Crippen MR) is 73.4 cm³/mol. The first-order valence-electron chi connectivity index (χ1n) is 6.50. The zero-order chi connectivity index (χ0) is 16.2.